The average molecular weight is 329 g/mol. The zero-order valence-electron chi connectivity index (χ0n) is 9.11. The van der Waals surface area contributed by atoms with Gasteiger partial charge in [-0.3, -0.25) is 0 Å². The van der Waals surface area contributed by atoms with E-state index in [1.165, 1.54) is 6.92 Å². The molecule has 1 heterocycles. The summed E-state index contributed by atoms with van der Waals surface area (Å²) in [5.41, 5.74) is 0.971. The molecule has 4 heteroatoms. The second-order valence-corrected chi connectivity index (χ2v) is 7.42. The predicted molar refractivity (Wildman–Crippen MR) is 72.2 cm³/mol. The predicted octanol–water partition coefficient (Wildman–Crippen LogP) is 3.02. The van der Waals surface area contributed by atoms with Gasteiger partial charge in [-0.25, -0.2) is 0 Å². The molecule has 0 aliphatic rings. The Morgan fingerprint density at radius 3 is 2.94 bits per heavy atom. The van der Waals surface area contributed by atoms with Gasteiger partial charge in [-0.2, -0.15) is 0 Å². The van der Waals surface area contributed by atoms with Gasteiger partial charge in [0.25, 0.3) is 0 Å². The summed E-state index contributed by atoms with van der Waals surface area (Å²) in [6.45, 7) is 1.45. The van der Waals surface area contributed by atoms with E-state index in [1.807, 2.05) is 29.2 Å². The normalized spacial score (nSPS) is 11.2. The van der Waals surface area contributed by atoms with Crippen molar-refractivity contribution in [2.45, 2.75) is 6.92 Å². The summed E-state index contributed by atoms with van der Waals surface area (Å²) in [5, 5.41) is 1.09. The Balaban J connectivity index is 2.35. The average Bonchev–Trinajstić information content (AvgIpc) is 2.27. The number of alkyl halides is 1. The summed E-state index contributed by atoms with van der Waals surface area (Å²) in [7, 11) is 0. The molecule has 0 N–H and O–H groups in total. The molecular weight excluding hydrogens is 317 g/mol. The molecule has 16 heavy (non-hydrogen) atoms. The minimum absolute atomic E-state index is 0.195. The van der Waals surface area contributed by atoms with E-state index in [4.69, 9.17) is 3.07 Å². The number of carbonyl (C=O) groups excluding carboxylic acids is 1. The standard InChI is InChI=1S/C12H12INO2/c1-9(15)16-13(2)11-5-6-12-10(8-11)4-3-7-14-12/h3-8H,1-2H3. The maximum atomic E-state index is 10.9. The minimum atomic E-state index is -1.78. The molecule has 1 aromatic carbocycles. The van der Waals surface area contributed by atoms with E-state index in [1.54, 1.807) is 6.20 Å². The van der Waals surface area contributed by atoms with Crippen LogP contribution >= 0.6 is 20.2 Å². The number of nitrogens with zero attached hydrogens (tertiary/aromatic N) is 1. The number of benzene rings is 1. The van der Waals surface area contributed by atoms with Crippen LogP contribution < -0.4 is 0 Å². The van der Waals surface area contributed by atoms with Gasteiger partial charge in [-0.15, -0.1) is 0 Å². The molecule has 0 saturated carbocycles. The molecule has 2 rings (SSSR count). The zero-order chi connectivity index (χ0) is 11.5. The first kappa shape index (κ1) is 11.3. The molecule has 0 saturated heterocycles. The number of halogens is 1. The summed E-state index contributed by atoms with van der Waals surface area (Å²) in [5.74, 6) is -0.195. The van der Waals surface area contributed by atoms with E-state index in [2.05, 4.69) is 11.1 Å². The fraction of sp³-hybridized carbons (Fsp3) is 0.167. The molecule has 0 unspecified atom stereocenters. The fourth-order valence-electron chi connectivity index (χ4n) is 1.42. The van der Waals surface area contributed by atoms with Crippen LogP contribution in [0.15, 0.2) is 36.5 Å². The first-order valence-electron chi connectivity index (χ1n) is 4.80. The molecule has 0 aliphatic heterocycles. The second kappa shape index (κ2) is 4.78. The summed E-state index contributed by atoms with van der Waals surface area (Å²) >= 11 is -1.78. The number of aromatic nitrogens is 1. The Hall–Kier alpha value is -1.17. The molecule has 3 nitrogen and oxygen atoms in total. The first-order valence-corrected chi connectivity index (χ1v) is 8.92. The fourth-order valence-corrected chi connectivity index (χ4v) is 4.06. The number of hydrogen-bond donors (Lipinski definition) is 0. The van der Waals surface area contributed by atoms with Crippen molar-refractivity contribution in [3.8, 4) is 0 Å². The second-order valence-electron chi connectivity index (χ2n) is 3.33. The van der Waals surface area contributed by atoms with E-state index in [-0.39, 0.29) is 5.97 Å². The molecule has 84 valence electrons. The van der Waals surface area contributed by atoms with Crippen LogP contribution in [0.4, 0.5) is 0 Å². The molecule has 0 spiro atoms. The van der Waals surface area contributed by atoms with E-state index in [0.29, 0.717) is 0 Å². The Bertz CT molecular complexity index is 527. The molecular formula is C12H12INO2. The van der Waals surface area contributed by atoms with Crippen LogP contribution in [0, 0.1) is 3.57 Å². The van der Waals surface area contributed by atoms with E-state index >= 15 is 0 Å². The van der Waals surface area contributed by atoms with Gasteiger partial charge in [0, 0.05) is 0 Å². The number of hydrogen-bond acceptors (Lipinski definition) is 3. The van der Waals surface area contributed by atoms with Gasteiger partial charge in [0.1, 0.15) is 0 Å². The van der Waals surface area contributed by atoms with Crippen LogP contribution in [-0.4, -0.2) is 15.9 Å². The van der Waals surface area contributed by atoms with Crippen molar-refractivity contribution in [3.05, 3.63) is 40.1 Å². The number of pyridine rings is 1. The summed E-state index contributed by atoms with van der Waals surface area (Å²) in [6, 6.07) is 9.97. The topological polar surface area (TPSA) is 39.2 Å². The van der Waals surface area contributed by atoms with Crippen LogP contribution in [0.2, 0.25) is 0 Å². The number of fused-ring (bicyclic) bond motifs is 1. The molecule has 0 bridgehead atoms. The van der Waals surface area contributed by atoms with Crippen molar-refractivity contribution >= 4 is 37.1 Å². The van der Waals surface area contributed by atoms with Gasteiger partial charge in [0.05, 0.1) is 0 Å². The third-order valence-corrected chi connectivity index (χ3v) is 5.80. The monoisotopic (exact) mass is 329 g/mol. The Morgan fingerprint density at radius 1 is 1.38 bits per heavy atom. The van der Waals surface area contributed by atoms with Gasteiger partial charge < -0.3 is 0 Å². The van der Waals surface area contributed by atoms with Crippen LogP contribution in [0.25, 0.3) is 10.9 Å². The van der Waals surface area contributed by atoms with E-state index in [9.17, 15) is 4.79 Å². The molecule has 2 aromatic rings. The van der Waals surface area contributed by atoms with Crippen LogP contribution in [0.1, 0.15) is 6.92 Å². The van der Waals surface area contributed by atoms with Crippen molar-refractivity contribution in [1.82, 2.24) is 4.98 Å². The first-order chi connectivity index (χ1) is 7.66. The maximum absolute atomic E-state index is 10.9. The SMILES string of the molecule is CC(=O)OI(C)c1ccc2ncccc2c1. The van der Waals surface area contributed by atoms with E-state index in [0.717, 1.165) is 14.5 Å². The van der Waals surface area contributed by atoms with Crippen molar-refractivity contribution in [1.29, 1.82) is 0 Å². The van der Waals surface area contributed by atoms with Crippen molar-refractivity contribution in [2.24, 2.45) is 0 Å². The van der Waals surface area contributed by atoms with Crippen LogP contribution in [0.5, 0.6) is 0 Å². The molecule has 0 atom stereocenters. The van der Waals surface area contributed by atoms with Gasteiger partial charge in [0.15, 0.2) is 0 Å². The van der Waals surface area contributed by atoms with Crippen molar-refractivity contribution < 1.29 is 7.86 Å². The molecule has 0 radical (unpaired) electrons. The van der Waals surface area contributed by atoms with Crippen molar-refractivity contribution in [2.75, 3.05) is 4.93 Å². The molecule has 0 aliphatic carbocycles. The summed E-state index contributed by atoms with van der Waals surface area (Å²) < 4.78 is 6.42. The van der Waals surface area contributed by atoms with Gasteiger partial charge in [-0.1, -0.05) is 0 Å². The van der Waals surface area contributed by atoms with Crippen LogP contribution in [-0.2, 0) is 7.86 Å². The Kier molecular flexibility index (Phi) is 3.38. The third kappa shape index (κ3) is 2.49. The quantitative estimate of drug-likeness (QED) is 0.628. The van der Waals surface area contributed by atoms with Gasteiger partial charge in [-0.05, 0) is 0 Å². The summed E-state index contributed by atoms with van der Waals surface area (Å²) in [6.07, 6.45) is 1.77. The third-order valence-electron chi connectivity index (χ3n) is 2.10. The van der Waals surface area contributed by atoms with Crippen LogP contribution in [0.3, 0.4) is 0 Å². The summed E-state index contributed by atoms with van der Waals surface area (Å²) in [4.78, 5) is 17.2. The zero-order valence-corrected chi connectivity index (χ0v) is 11.3. The molecule has 1 aromatic heterocycles. The number of carbonyl (C=O) groups is 1. The molecule has 0 amide bonds. The number of rotatable bonds is 2. The van der Waals surface area contributed by atoms with Crippen molar-refractivity contribution in [3.63, 3.8) is 0 Å². The molecule has 0 fully saturated rings. The van der Waals surface area contributed by atoms with Gasteiger partial charge >= 0.3 is 102 Å². The Labute approximate surface area is 102 Å². The van der Waals surface area contributed by atoms with Gasteiger partial charge in [0.2, 0.25) is 0 Å². The van der Waals surface area contributed by atoms with E-state index < -0.39 is 20.2 Å². The Morgan fingerprint density at radius 2 is 2.19 bits per heavy atom.